The molecule has 130 valence electrons. The number of aryl methyl sites for hydroxylation is 1. The quantitative estimate of drug-likeness (QED) is 0.439. The lowest BCUT2D eigenvalue weighted by Crippen LogP contribution is -2.29. The monoisotopic (exact) mass is 353 g/mol. The number of nitrogens with zero attached hydrogens (tertiary/aromatic N) is 2. The van der Waals surface area contributed by atoms with Gasteiger partial charge in [0.25, 0.3) is 5.56 Å². The van der Waals surface area contributed by atoms with Gasteiger partial charge in [0.15, 0.2) is 5.16 Å². The van der Waals surface area contributed by atoms with Crippen LogP contribution in [0, 0.1) is 6.92 Å². The van der Waals surface area contributed by atoms with Crippen molar-refractivity contribution in [1.29, 1.82) is 0 Å². The van der Waals surface area contributed by atoms with Crippen LogP contribution in [0.2, 0.25) is 0 Å². The van der Waals surface area contributed by atoms with E-state index in [9.17, 15) is 4.79 Å². The zero-order valence-electron chi connectivity index (χ0n) is 15.0. The van der Waals surface area contributed by atoms with Gasteiger partial charge in [-0.2, -0.15) is 0 Å². The molecular formula is C20H23N3OS. The summed E-state index contributed by atoms with van der Waals surface area (Å²) in [4.78, 5) is 17.0. The van der Waals surface area contributed by atoms with Crippen molar-refractivity contribution in [3.05, 3.63) is 69.5 Å². The summed E-state index contributed by atoms with van der Waals surface area (Å²) < 4.78 is 1.15. The normalized spacial score (nSPS) is 11.8. The van der Waals surface area contributed by atoms with Crippen LogP contribution in [0.15, 0.2) is 52.4 Å². The summed E-state index contributed by atoms with van der Waals surface area (Å²) in [5, 5.41) is 1.09. The molecule has 0 saturated carbocycles. The first-order valence-electron chi connectivity index (χ1n) is 8.26. The molecule has 2 aromatic carbocycles. The molecule has 3 aromatic rings. The molecule has 4 nitrogen and oxygen atoms in total. The molecule has 0 fully saturated rings. The third-order valence-corrected chi connectivity index (χ3v) is 5.24. The highest BCUT2D eigenvalue weighted by Crippen LogP contribution is 2.25. The van der Waals surface area contributed by atoms with Crippen LogP contribution in [-0.2, 0) is 11.2 Å². The Hall–Kier alpha value is -2.27. The van der Waals surface area contributed by atoms with E-state index < -0.39 is 0 Å². The molecular weight excluding hydrogens is 330 g/mol. The van der Waals surface area contributed by atoms with Crippen LogP contribution in [0.3, 0.4) is 0 Å². The fourth-order valence-corrected chi connectivity index (χ4v) is 3.52. The van der Waals surface area contributed by atoms with Gasteiger partial charge < -0.3 is 5.84 Å². The molecule has 0 aliphatic rings. The standard InChI is InChI=1S/C20H23N3OS/c1-13-5-10-17-16(11-13)18(24)23(21)19(22-17)25-12-14-6-8-15(9-7-14)20(2,3)4/h5-11H,12,21H2,1-4H3. The minimum Gasteiger partial charge on any atom is -0.334 e. The van der Waals surface area contributed by atoms with E-state index in [1.807, 2.05) is 25.1 Å². The van der Waals surface area contributed by atoms with E-state index in [-0.39, 0.29) is 11.0 Å². The number of aromatic nitrogens is 2. The molecule has 0 amide bonds. The molecule has 0 saturated heterocycles. The number of benzene rings is 2. The summed E-state index contributed by atoms with van der Waals surface area (Å²) in [7, 11) is 0. The van der Waals surface area contributed by atoms with Gasteiger partial charge in [-0.1, -0.05) is 68.4 Å². The first-order chi connectivity index (χ1) is 11.8. The summed E-state index contributed by atoms with van der Waals surface area (Å²) >= 11 is 1.47. The fourth-order valence-electron chi connectivity index (χ4n) is 2.64. The van der Waals surface area contributed by atoms with Gasteiger partial charge in [-0.3, -0.25) is 4.79 Å². The van der Waals surface area contributed by atoms with Gasteiger partial charge in [-0.25, -0.2) is 9.66 Å². The number of fused-ring (bicyclic) bond motifs is 1. The van der Waals surface area contributed by atoms with Crippen molar-refractivity contribution in [2.75, 3.05) is 5.84 Å². The maximum atomic E-state index is 12.5. The molecule has 25 heavy (non-hydrogen) atoms. The molecule has 0 bridgehead atoms. The van der Waals surface area contributed by atoms with Crippen LogP contribution in [-0.4, -0.2) is 9.66 Å². The molecule has 0 radical (unpaired) electrons. The molecule has 1 heterocycles. The minimum atomic E-state index is -0.209. The van der Waals surface area contributed by atoms with E-state index in [0.717, 1.165) is 10.2 Å². The molecule has 0 spiro atoms. The van der Waals surface area contributed by atoms with Gasteiger partial charge in [-0.05, 0) is 35.6 Å². The average Bonchev–Trinajstić information content (AvgIpc) is 2.57. The Labute approximate surface area is 152 Å². The number of nitrogens with two attached hydrogens (primary N) is 1. The number of nitrogen functional groups attached to an aromatic ring is 1. The Bertz CT molecular complexity index is 969. The van der Waals surface area contributed by atoms with Gasteiger partial charge in [0.1, 0.15) is 0 Å². The van der Waals surface area contributed by atoms with Crippen LogP contribution >= 0.6 is 11.8 Å². The van der Waals surface area contributed by atoms with E-state index in [4.69, 9.17) is 5.84 Å². The van der Waals surface area contributed by atoms with Crippen molar-refractivity contribution in [3.63, 3.8) is 0 Å². The number of rotatable bonds is 3. The number of hydrogen-bond acceptors (Lipinski definition) is 4. The van der Waals surface area contributed by atoms with Crippen LogP contribution in [0.1, 0.15) is 37.5 Å². The van der Waals surface area contributed by atoms with Gasteiger partial charge >= 0.3 is 0 Å². The van der Waals surface area contributed by atoms with Gasteiger partial charge in [0.2, 0.25) is 0 Å². The second-order valence-corrected chi connectivity index (χ2v) is 8.27. The Morgan fingerprint density at radius 1 is 1.12 bits per heavy atom. The van der Waals surface area contributed by atoms with Crippen molar-refractivity contribution in [3.8, 4) is 0 Å². The maximum Gasteiger partial charge on any atom is 0.280 e. The van der Waals surface area contributed by atoms with Crippen LogP contribution in [0.5, 0.6) is 0 Å². The van der Waals surface area contributed by atoms with E-state index in [2.05, 4.69) is 50.0 Å². The van der Waals surface area contributed by atoms with Gasteiger partial charge in [0.05, 0.1) is 10.9 Å². The first kappa shape index (κ1) is 17.5. The van der Waals surface area contributed by atoms with E-state index in [1.54, 1.807) is 0 Å². The third kappa shape index (κ3) is 3.71. The topological polar surface area (TPSA) is 60.9 Å². The fraction of sp³-hybridized carbons (Fsp3) is 0.300. The molecule has 0 aliphatic carbocycles. The molecule has 2 N–H and O–H groups in total. The van der Waals surface area contributed by atoms with E-state index in [1.165, 1.54) is 22.9 Å². The second kappa shape index (κ2) is 6.56. The van der Waals surface area contributed by atoms with Gasteiger partial charge in [-0.15, -0.1) is 0 Å². The van der Waals surface area contributed by atoms with Crippen molar-refractivity contribution < 1.29 is 0 Å². The lowest BCUT2D eigenvalue weighted by Gasteiger charge is -2.19. The Balaban J connectivity index is 1.85. The SMILES string of the molecule is Cc1ccc2nc(SCc3ccc(C(C)(C)C)cc3)n(N)c(=O)c2c1. The predicted molar refractivity (Wildman–Crippen MR) is 106 cm³/mol. The predicted octanol–water partition coefficient (Wildman–Crippen LogP) is 4.01. The number of hydrogen-bond donors (Lipinski definition) is 1. The smallest absolute Gasteiger partial charge is 0.280 e. The zero-order chi connectivity index (χ0) is 18.2. The minimum absolute atomic E-state index is 0.140. The second-order valence-electron chi connectivity index (χ2n) is 7.33. The van der Waals surface area contributed by atoms with Crippen molar-refractivity contribution in [2.45, 2.75) is 44.0 Å². The first-order valence-corrected chi connectivity index (χ1v) is 9.25. The molecule has 0 unspecified atom stereocenters. The lowest BCUT2D eigenvalue weighted by molar-refractivity contribution is 0.590. The van der Waals surface area contributed by atoms with Crippen molar-refractivity contribution in [2.24, 2.45) is 0 Å². The maximum absolute atomic E-state index is 12.5. The molecule has 5 heteroatoms. The molecule has 0 atom stereocenters. The molecule has 0 aliphatic heterocycles. The van der Waals surface area contributed by atoms with Crippen molar-refractivity contribution >= 4 is 22.7 Å². The largest absolute Gasteiger partial charge is 0.334 e. The van der Waals surface area contributed by atoms with Crippen LogP contribution in [0.4, 0.5) is 0 Å². The highest BCUT2D eigenvalue weighted by atomic mass is 32.2. The summed E-state index contributed by atoms with van der Waals surface area (Å²) in [6.45, 7) is 8.55. The average molecular weight is 353 g/mol. The molecule has 1 aromatic heterocycles. The summed E-state index contributed by atoms with van der Waals surface area (Å²) in [5.74, 6) is 6.68. The zero-order valence-corrected chi connectivity index (χ0v) is 15.9. The van der Waals surface area contributed by atoms with Crippen molar-refractivity contribution in [1.82, 2.24) is 9.66 Å². The Kier molecular flexibility index (Phi) is 4.60. The van der Waals surface area contributed by atoms with E-state index in [0.29, 0.717) is 21.8 Å². The highest BCUT2D eigenvalue weighted by molar-refractivity contribution is 7.98. The number of thioether (sulfide) groups is 1. The van der Waals surface area contributed by atoms with Gasteiger partial charge in [0, 0.05) is 5.75 Å². The van der Waals surface area contributed by atoms with E-state index >= 15 is 0 Å². The van der Waals surface area contributed by atoms with Crippen LogP contribution in [0.25, 0.3) is 10.9 Å². The Morgan fingerprint density at radius 3 is 2.44 bits per heavy atom. The molecule has 3 rings (SSSR count). The highest BCUT2D eigenvalue weighted by Gasteiger charge is 2.13. The summed E-state index contributed by atoms with van der Waals surface area (Å²) in [6.07, 6.45) is 0. The lowest BCUT2D eigenvalue weighted by atomic mass is 9.87. The third-order valence-electron chi connectivity index (χ3n) is 4.21. The van der Waals surface area contributed by atoms with Crippen LogP contribution < -0.4 is 11.4 Å². The Morgan fingerprint density at radius 2 is 1.80 bits per heavy atom. The summed E-state index contributed by atoms with van der Waals surface area (Å²) in [5.41, 5.74) is 4.11. The summed E-state index contributed by atoms with van der Waals surface area (Å²) in [6, 6.07) is 14.2.